The third-order valence-corrected chi connectivity index (χ3v) is 2.84. The lowest BCUT2D eigenvalue weighted by Gasteiger charge is -2.03. The molecule has 0 saturated carbocycles. The minimum absolute atomic E-state index is 0.00430. The molecule has 0 radical (unpaired) electrons. The van der Waals surface area contributed by atoms with E-state index >= 15 is 0 Å². The van der Waals surface area contributed by atoms with Gasteiger partial charge < -0.3 is 5.11 Å². The standard InChI is InChI=1S/C13H7F2N3O2/c14-9-3-1-2-8(11(9)15)12-17-16-10-5-4-7(13(19)20)6-18(10)12/h1-6H,(H,19,20). The van der Waals surface area contributed by atoms with Crippen LogP contribution in [0.5, 0.6) is 0 Å². The number of aromatic carboxylic acids is 1. The second-order valence-corrected chi connectivity index (χ2v) is 4.08. The van der Waals surface area contributed by atoms with Crippen LogP contribution in [0.4, 0.5) is 8.78 Å². The Bertz CT molecular complexity index is 830. The Morgan fingerprint density at radius 3 is 2.70 bits per heavy atom. The Morgan fingerprint density at radius 2 is 1.95 bits per heavy atom. The molecule has 0 bridgehead atoms. The monoisotopic (exact) mass is 275 g/mol. The van der Waals surface area contributed by atoms with Crippen molar-refractivity contribution in [2.45, 2.75) is 0 Å². The summed E-state index contributed by atoms with van der Waals surface area (Å²) in [5.74, 6) is -3.15. The number of benzene rings is 1. The summed E-state index contributed by atoms with van der Waals surface area (Å²) in [5.41, 5.74) is 0.254. The van der Waals surface area contributed by atoms with E-state index in [2.05, 4.69) is 10.2 Å². The number of hydrogen-bond acceptors (Lipinski definition) is 3. The van der Waals surface area contributed by atoms with Crippen LogP contribution in [0.2, 0.25) is 0 Å². The lowest BCUT2D eigenvalue weighted by Crippen LogP contribution is -2.00. The fourth-order valence-electron chi connectivity index (χ4n) is 1.88. The molecule has 3 rings (SSSR count). The number of carboxylic acid groups (broad SMARTS) is 1. The van der Waals surface area contributed by atoms with E-state index in [0.717, 1.165) is 6.07 Å². The lowest BCUT2D eigenvalue weighted by molar-refractivity contribution is 0.0696. The number of rotatable bonds is 2. The number of carboxylic acids is 1. The molecule has 20 heavy (non-hydrogen) atoms. The molecule has 0 aliphatic rings. The zero-order valence-corrected chi connectivity index (χ0v) is 9.92. The highest BCUT2D eigenvalue weighted by atomic mass is 19.2. The van der Waals surface area contributed by atoms with Gasteiger partial charge in [0.2, 0.25) is 0 Å². The van der Waals surface area contributed by atoms with Gasteiger partial charge in [-0.3, -0.25) is 4.40 Å². The summed E-state index contributed by atoms with van der Waals surface area (Å²) in [5, 5.41) is 16.5. The Balaban J connectivity index is 2.28. The zero-order valence-electron chi connectivity index (χ0n) is 9.92. The maximum absolute atomic E-state index is 13.8. The fraction of sp³-hybridized carbons (Fsp3) is 0. The summed E-state index contributed by atoms with van der Waals surface area (Å²) in [6, 6.07) is 6.48. The van der Waals surface area contributed by atoms with Crippen molar-refractivity contribution in [1.29, 1.82) is 0 Å². The third kappa shape index (κ3) is 1.80. The van der Waals surface area contributed by atoms with E-state index in [1.165, 1.54) is 34.9 Å². The van der Waals surface area contributed by atoms with Crippen molar-refractivity contribution in [2.24, 2.45) is 0 Å². The summed E-state index contributed by atoms with van der Waals surface area (Å²) >= 11 is 0. The highest BCUT2D eigenvalue weighted by molar-refractivity contribution is 5.87. The average Bonchev–Trinajstić information content (AvgIpc) is 2.84. The first-order valence-corrected chi connectivity index (χ1v) is 5.60. The largest absolute Gasteiger partial charge is 0.478 e. The molecule has 0 atom stereocenters. The maximum Gasteiger partial charge on any atom is 0.337 e. The summed E-state index contributed by atoms with van der Waals surface area (Å²) in [6.45, 7) is 0. The molecule has 2 heterocycles. The summed E-state index contributed by atoms with van der Waals surface area (Å²) in [7, 11) is 0. The van der Waals surface area contributed by atoms with Crippen molar-refractivity contribution >= 4 is 11.6 Å². The number of halogens is 2. The van der Waals surface area contributed by atoms with Gasteiger partial charge in [0.05, 0.1) is 11.1 Å². The van der Waals surface area contributed by atoms with Crippen molar-refractivity contribution in [1.82, 2.24) is 14.6 Å². The first-order valence-electron chi connectivity index (χ1n) is 5.60. The van der Waals surface area contributed by atoms with E-state index in [1.807, 2.05) is 0 Å². The Kier molecular flexibility index (Phi) is 2.67. The predicted octanol–water partition coefficient (Wildman–Crippen LogP) is 2.37. The molecule has 0 fully saturated rings. The molecule has 1 N–H and O–H groups in total. The first-order chi connectivity index (χ1) is 9.58. The van der Waals surface area contributed by atoms with Gasteiger partial charge in [-0.1, -0.05) is 6.07 Å². The number of carbonyl (C=O) groups is 1. The minimum Gasteiger partial charge on any atom is -0.478 e. The summed E-state index contributed by atoms with van der Waals surface area (Å²) < 4.78 is 28.3. The van der Waals surface area contributed by atoms with Crippen LogP contribution in [-0.2, 0) is 0 Å². The molecule has 5 nitrogen and oxygen atoms in total. The van der Waals surface area contributed by atoms with Gasteiger partial charge in [0.1, 0.15) is 0 Å². The second kappa shape index (κ2) is 4.37. The Morgan fingerprint density at radius 1 is 1.15 bits per heavy atom. The van der Waals surface area contributed by atoms with Crippen molar-refractivity contribution in [2.75, 3.05) is 0 Å². The van der Waals surface area contributed by atoms with E-state index < -0.39 is 17.6 Å². The number of fused-ring (bicyclic) bond motifs is 1. The molecular weight excluding hydrogens is 268 g/mol. The van der Waals surface area contributed by atoms with Crippen LogP contribution in [0.1, 0.15) is 10.4 Å². The molecule has 0 aliphatic heterocycles. The highest BCUT2D eigenvalue weighted by Gasteiger charge is 2.16. The first kappa shape index (κ1) is 12.2. The maximum atomic E-state index is 13.8. The molecule has 1 aromatic carbocycles. The SMILES string of the molecule is O=C(O)c1ccc2nnc(-c3cccc(F)c3F)n2c1. The Hall–Kier alpha value is -2.83. The smallest absolute Gasteiger partial charge is 0.337 e. The molecule has 0 unspecified atom stereocenters. The van der Waals surface area contributed by atoms with Gasteiger partial charge in [-0.25, -0.2) is 13.6 Å². The highest BCUT2D eigenvalue weighted by Crippen LogP contribution is 2.23. The second-order valence-electron chi connectivity index (χ2n) is 4.08. The van der Waals surface area contributed by atoms with Crippen molar-refractivity contribution in [3.05, 3.63) is 53.7 Å². The van der Waals surface area contributed by atoms with E-state index in [0.29, 0.717) is 5.65 Å². The molecule has 0 amide bonds. The van der Waals surface area contributed by atoms with Gasteiger partial charge in [-0.2, -0.15) is 0 Å². The molecule has 0 aliphatic carbocycles. The van der Waals surface area contributed by atoms with Gasteiger partial charge >= 0.3 is 5.97 Å². The quantitative estimate of drug-likeness (QED) is 0.779. The average molecular weight is 275 g/mol. The van der Waals surface area contributed by atoms with E-state index in [9.17, 15) is 13.6 Å². The van der Waals surface area contributed by atoms with Crippen LogP contribution >= 0.6 is 0 Å². The number of hydrogen-bond donors (Lipinski definition) is 1. The van der Waals surface area contributed by atoms with Gasteiger partial charge in [-0.15, -0.1) is 10.2 Å². The summed E-state index contributed by atoms with van der Waals surface area (Å²) in [6.07, 6.45) is 1.26. The van der Waals surface area contributed by atoms with Gasteiger partial charge in [-0.05, 0) is 24.3 Å². The van der Waals surface area contributed by atoms with Crippen molar-refractivity contribution in [3.63, 3.8) is 0 Å². The molecule has 2 aromatic heterocycles. The van der Waals surface area contributed by atoms with Crippen LogP contribution in [0, 0.1) is 11.6 Å². The predicted molar refractivity (Wildman–Crippen MR) is 65.3 cm³/mol. The molecule has 0 saturated heterocycles. The summed E-state index contributed by atoms with van der Waals surface area (Å²) in [4.78, 5) is 10.9. The van der Waals surface area contributed by atoms with Crippen LogP contribution < -0.4 is 0 Å². The van der Waals surface area contributed by atoms with Gasteiger partial charge in [0, 0.05) is 6.20 Å². The van der Waals surface area contributed by atoms with E-state index in [1.54, 1.807) is 0 Å². The molecule has 100 valence electrons. The fourth-order valence-corrected chi connectivity index (χ4v) is 1.88. The Labute approximate surface area is 111 Å². The molecule has 0 spiro atoms. The van der Waals surface area contributed by atoms with E-state index in [4.69, 9.17) is 5.11 Å². The third-order valence-electron chi connectivity index (χ3n) is 2.84. The zero-order chi connectivity index (χ0) is 14.3. The number of aromatic nitrogens is 3. The topological polar surface area (TPSA) is 67.5 Å². The minimum atomic E-state index is -1.13. The molecule has 3 aromatic rings. The van der Waals surface area contributed by atoms with Crippen LogP contribution in [-0.4, -0.2) is 25.7 Å². The lowest BCUT2D eigenvalue weighted by atomic mass is 10.2. The molecular formula is C13H7F2N3O2. The number of nitrogens with zero attached hydrogens (tertiary/aromatic N) is 3. The van der Waals surface area contributed by atoms with Gasteiger partial charge in [0.15, 0.2) is 23.1 Å². The van der Waals surface area contributed by atoms with Crippen LogP contribution in [0.15, 0.2) is 36.5 Å². The number of pyridine rings is 1. The van der Waals surface area contributed by atoms with Crippen molar-refractivity contribution in [3.8, 4) is 11.4 Å². The van der Waals surface area contributed by atoms with Gasteiger partial charge in [0.25, 0.3) is 0 Å². The van der Waals surface area contributed by atoms with Crippen LogP contribution in [0.3, 0.4) is 0 Å². The van der Waals surface area contributed by atoms with E-state index in [-0.39, 0.29) is 17.0 Å². The van der Waals surface area contributed by atoms with Crippen molar-refractivity contribution < 1.29 is 18.7 Å². The van der Waals surface area contributed by atoms with Crippen LogP contribution in [0.25, 0.3) is 17.0 Å². The normalized spacial score (nSPS) is 10.9. The molecule has 7 heteroatoms.